The molecule has 1 N–H and O–H groups in total. The first-order valence-electron chi connectivity index (χ1n) is 8.39. The first kappa shape index (κ1) is 20.4. The van der Waals surface area contributed by atoms with E-state index in [2.05, 4.69) is 5.32 Å². The number of carbonyl (C=O) groups excluding carboxylic acids is 1. The number of hydrogen-bond donors (Lipinski definition) is 1. The first-order valence-corrected chi connectivity index (χ1v) is 10.2. The third-order valence-electron chi connectivity index (χ3n) is 4.37. The molecule has 7 heteroatoms. The van der Waals surface area contributed by atoms with Crippen molar-refractivity contribution >= 4 is 33.2 Å². The highest BCUT2D eigenvalue weighted by Crippen LogP contribution is 2.27. The van der Waals surface area contributed by atoms with E-state index in [4.69, 9.17) is 11.6 Å². The van der Waals surface area contributed by atoms with Crippen molar-refractivity contribution in [2.24, 2.45) is 0 Å². The van der Waals surface area contributed by atoms with Crippen LogP contribution in [0.4, 0.5) is 5.69 Å². The number of halogens is 1. The van der Waals surface area contributed by atoms with Crippen LogP contribution in [0.25, 0.3) is 0 Å². The Bertz CT molecular complexity index is 922. The van der Waals surface area contributed by atoms with Crippen molar-refractivity contribution in [3.05, 3.63) is 58.1 Å². The van der Waals surface area contributed by atoms with E-state index >= 15 is 0 Å². The Morgan fingerprint density at radius 1 is 1.12 bits per heavy atom. The summed E-state index contributed by atoms with van der Waals surface area (Å²) in [6.45, 7) is 8.05. The Kier molecular flexibility index (Phi) is 6.44. The van der Waals surface area contributed by atoms with Gasteiger partial charge in [-0.3, -0.25) is 4.79 Å². The molecule has 0 unspecified atom stereocenters. The van der Waals surface area contributed by atoms with Gasteiger partial charge in [-0.1, -0.05) is 37.6 Å². The average molecular weight is 395 g/mol. The number of benzene rings is 2. The van der Waals surface area contributed by atoms with Crippen molar-refractivity contribution in [1.82, 2.24) is 4.31 Å². The maximum atomic E-state index is 12.8. The first-order chi connectivity index (χ1) is 12.2. The van der Waals surface area contributed by atoms with Gasteiger partial charge in [-0.25, -0.2) is 8.42 Å². The van der Waals surface area contributed by atoms with Crippen LogP contribution in [0.15, 0.2) is 41.3 Å². The lowest BCUT2D eigenvalue weighted by Crippen LogP contribution is -2.31. The molecule has 1 amide bonds. The van der Waals surface area contributed by atoms with Crippen molar-refractivity contribution in [1.29, 1.82) is 0 Å². The van der Waals surface area contributed by atoms with Gasteiger partial charge in [0.05, 0.1) is 5.02 Å². The number of rotatable bonds is 6. The minimum absolute atomic E-state index is 0.0588. The Morgan fingerprint density at radius 3 is 2.38 bits per heavy atom. The maximum Gasteiger partial charge on any atom is 0.255 e. The molecule has 0 radical (unpaired) electrons. The van der Waals surface area contributed by atoms with Crippen LogP contribution in [0, 0.1) is 13.8 Å². The van der Waals surface area contributed by atoms with E-state index in [1.54, 1.807) is 13.8 Å². The molecule has 0 saturated heterocycles. The van der Waals surface area contributed by atoms with Gasteiger partial charge in [0.15, 0.2) is 0 Å². The largest absolute Gasteiger partial charge is 0.322 e. The lowest BCUT2D eigenvalue weighted by molar-refractivity contribution is 0.102. The van der Waals surface area contributed by atoms with Crippen molar-refractivity contribution < 1.29 is 13.2 Å². The standard InChI is InChI=1S/C19H23ClN2O3S/c1-5-22(6-2)26(24,25)18-12-15(10-11-16(18)20)19(23)21-17-9-7-8-13(3)14(17)4/h7-12H,5-6H2,1-4H3,(H,21,23). The molecule has 0 saturated carbocycles. The molecule has 0 bridgehead atoms. The highest BCUT2D eigenvalue weighted by atomic mass is 35.5. The van der Waals surface area contributed by atoms with E-state index < -0.39 is 10.0 Å². The summed E-state index contributed by atoms with van der Waals surface area (Å²) in [4.78, 5) is 12.6. The normalized spacial score (nSPS) is 11.6. The van der Waals surface area contributed by atoms with E-state index in [0.29, 0.717) is 18.8 Å². The smallest absolute Gasteiger partial charge is 0.255 e. The predicted molar refractivity (Wildman–Crippen MR) is 105 cm³/mol. The Morgan fingerprint density at radius 2 is 1.77 bits per heavy atom. The van der Waals surface area contributed by atoms with E-state index in [1.807, 2.05) is 32.0 Å². The number of aryl methyl sites for hydroxylation is 1. The summed E-state index contributed by atoms with van der Waals surface area (Å²) in [5.74, 6) is -0.383. The van der Waals surface area contributed by atoms with E-state index in [0.717, 1.165) is 11.1 Å². The second kappa shape index (κ2) is 8.20. The highest BCUT2D eigenvalue weighted by Gasteiger charge is 2.25. The molecule has 0 spiro atoms. The van der Waals surface area contributed by atoms with Crippen LogP contribution in [0.1, 0.15) is 35.3 Å². The Hall–Kier alpha value is -1.89. The summed E-state index contributed by atoms with van der Waals surface area (Å²) in [5.41, 5.74) is 2.95. The van der Waals surface area contributed by atoms with Crippen LogP contribution in [0.2, 0.25) is 5.02 Å². The molecule has 140 valence electrons. The zero-order valence-corrected chi connectivity index (χ0v) is 16.9. The van der Waals surface area contributed by atoms with Gasteiger partial charge in [0, 0.05) is 24.3 Å². The second-order valence-electron chi connectivity index (χ2n) is 5.94. The summed E-state index contributed by atoms with van der Waals surface area (Å²) in [6.07, 6.45) is 0. The number of nitrogens with one attached hydrogen (secondary N) is 1. The van der Waals surface area contributed by atoms with Gasteiger partial charge in [-0.2, -0.15) is 4.31 Å². The highest BCUT2D eigenvalue weighted by molar-refractivity contribution is 7.89. The van der Waals surface area contributed by atoms with E-state index in [-0.39, 0.29) is 21.4 Å². The minimum Gasteiger partial charge on any atom is -0.322 e. The quantitative estimate of drug-likeness (QED) is 0.796. The van der Waals surface area contributed by atoms with Crippen LogP contribution in [-0.4, -0.2) is 31.7 Å². The predicted octanol–water partition coefficient (Wildman–Crippen LogP) is 4.24. The monoisotopic (exact) mass is 394 g/mol. The van der Waals surface area contributed by atoms with Gasteiger partial charge in [0.25, 0.3) is 5.91 Å². The zero-order chi connectivity index (χ0) is 19.5. The summed E-state index contributed by atoms with van der Waals surface area (Å²) in [7, 11) is -3.75. The zero-order valence-electron chi connectivity index (χ0n) is 15.3. The van der Waals surface area contributed by atoms with Gasteiger partial charge in [0.2, 0.25) is 10.0 Å². The molecule has 5 nitrogen and oxygen atoms in total. The summed E-state index contributed by atoms with van der Waals surface area (Å²) < 4.78 is 26.8. The summed E-state index contributed by atoms with van der Waals surface area (Å²) in [6, 6.07) is 9.91. The fourth-order valence-corrected chi connectivity index (χ4v) is 4.58. The van der Waals surface area contributed by atoms with Gasteiger partial charge in [-0.15, -0.1) is 0 Å². The number of amides is 1. The van der Waals surface area contributed by atoms with E-state index in [9.17, 15) is 13.2 Å². The molecule has 0 aliphatic carbocycles. The maximum absolute atomic E-state index is 12.8. The molecule has 0 aromatic heterocycles. The topological polar surface area (TPSA) is 66.5 Å². The Labute approximate surface area is 160 Å². The summed E-state index contributed by atoms with van der Waals surface area (Å²) >= 11 is 6.11. The van der Waals surface area contributed by atoms with Crippen LogP contribution in [-0.2, 0) is 10.0 Å². The molecular formula is C19H23ClN2O3S. The van der Waals surface area contributed by atoms with Crippen LogP contribution >= 0.6 is 11.6 Å². The number of hydrogen-bond acceptors (Lipinski definition) is 3. The molecule has 2 rings (SSSR count). The molecule has 2 aromatic rings. The molecular weight excluding hydrogens is 372 g/mol. The lowest BCUT2D eigenvalue weighted by atomic mass is 10.1. The molecule has 2 aromatic carbocycles. The fraction of sp³-hybridized carbons (Fsp3) is 0.316. The third-order valence-corrected chi connectivity index (χ3v) is 6.90. The number of sulfonamides is 1. The third kappa shape index (κ3) is 4.09. The van der Waals surface area contributed by atoms with Crippen molar-refractivity contribution in [2.75, 3.05) is 18.4 Å². The molecule has 0 aliphatic heterocycles. The van der Waals surface area contributed by atoms with Gasteiger partial charge < -0.3 is 5.32 Å². The minimum atomic E-state index is -3.75. The average Bonchev–Trinajstić information content (AvgIpc) is 2.60. The van der Waals surface area contributed by atoms with Gasteiger partial charge in [0.1, 0.15) is 4.90 Å². The van der Waals surface area contributed by atoms with Gasteiger partial charge in [-0.05, 0) is 49.2 Å². The van der Waals surface area contributed by atoms with Crippen LogP contribution < -0.4 is 5.32 Å². The molecule has 26 heavy (non-hydrogen) atoms. The summed E-state index contributed by atoms with van der Waals surface area (Å²) in [5, 5.41) is 2.93. The molecule has 0 fully saturated rings. The molecule has 0 aliphatic rings. The number of carbonyl (C=O) groups is 1. The molecule has 0 heterocycles. The van der Waals surface area contributed by atoms with Crippen LogP contribution in [0.3, 0.4) is 0 Å². The number of nitrogens with zero attached hydrogens (tertiary/aromatic N) is 1. The van der Waals surface area contributed by atoms with Crippen LogP contribution in [0.5, 0.6) is 0 Å². The van der Waals surface area contributed by atoms with Crippen molar-refractivity contribution in [2.45, 2.75) is 32.6 Å². The van der Waals surface area contributed by atoms with Crippen molar-refractivity contribution in [3.8, 4) is 0 Å². The second-order valence-corrected chi connectivity index (χ2v) is 8.25. The van der Waals surface area contributed by atoms with Gasteiger partial charge >= 0.3 is 0 Å². The Balaban J connectivity index is 2.40. The fourth-order valence-electron chi connectivity index (χ4n) is 2.63. The SMILES string of the molecule is CCN(CC)S(=O)(=O)c1cc(C(=O)Nc2cccc(C)c2C)ccc1Cl. The molecule has 0 atom stereocenters. The van der Waals surface area contributed by atoms with Crippen molar-refractivity contribution in [3.63, 3.8) is 0 Å². The number of anilines is 1. The van der Waals surface area contributed by atoms with E-state index in [1.165, 1.54) is 22.5 Å². The lowest BCUT2D eigenvalue weighted by Gasteiger charge is -2.19.